The lowest BCUT2D eigenvalue weighted by molar-refractivity contribution is -0.125. The van der Waals surface area contributed by atoms with Crippen molar-refractivity contribution in [2.24, 2.45) is 0 Å². The minimum Gasteiger partial charge on any atom is -0.385 e. The van der Waals surface area contributed by atoms with Gasteiger partial charge in [0.05, 0.1) is 5.60 Å². The summed E-state index contributed by atoms with van der Waals surface area (Å²) in [5, 5.41) is 13.1. The van der Waals surface area contributed by atoms with Crippen LogP contribution in [0.3, 0.4) is 0 Å². The Bertz CT molecular complexity index is 633. The number of hydrogen-bond acceptors (Lipinski definition) is 2. The molecule has 0 spiro atoms. The van der Waals surface area contributed by atoms with Gasteiger partial charge in [0.1, 0.15) is 5.78 Å². The molecule has 0 aromatic heterocycles. The van der Waals surface area contributed by atoms with Crippen molar-refractivity contribution < 1.29 is 9.90 Å². The SMILES string of the molecule is Cc1ccc2cc(C3(O)CCC(=O)CC3)ccc2c1. The maximum absolute atomic E-state index is 11.3. The van der Waals surface area contributed by atoms with Crippen molar-refractivity contribution in [1.82, 2.24) is 0 Å². The van der Waals surface area contributed by atoms with E-state index in [4.69, 9.17) is 0 Å². The highest BCUT2D eigenvalue weighted by molar-refractivity contribution is 5.84. The highest BCUT2D eigenvalue weighted by Crippen LogP contribution is 2.36. The number of aryl methyl sites for hydroxylation is 1. The summed E-state index contributed by atoms with van der Waals surface area (Å²) in [5.74, 6) is 0.265. The zero-order chi connectivity index (χ0) is 13.5. The standard InChI is InChI=1S/C17H18O2/c1-12-2-3-14-11-15(5-4-13(14)10-12)17(19)8-6-16(18)7-9-17/h2-5,10-11,19H,6-9H2,1H3. The van der Waals surface area contributed by atoms with E-state index in [0.717, 1.165) is 10.9 Å². The van der Waals surface area contributed by atoms with Gasteiger partial charge >= 0.3 is 0 Å². The lowest BCUT2D eigenvalue weighted by Crippen LogP contribution is -2.31. The number of benzene rings is 2. The van der Waals surface area contributed by atoms with E-state index in [0.29, 0.717) is 25.7 Å². The Morgan fingerprint density at radius 2 is 1.63 bits per heavy atom. The van der Waals surface area contributed by atoms with Gasteiger partial charge in [-0.1, -0.05) is 35.9 Å². The molecule has 0 radical (unpaired) electrons. The average Bonchev–Trinajstić information content (AvgIpc) is 2.42. The molecule has 98 valence electrons. The van der Waals surface area contributed by atoms with E-state index < -0.39 is 5.60 Å². The van der Waals surface area contributed by atoms with Crippen LogP contribution < -0.4 is 0 Å². The van der Waals surface area contributed by atoms with Crippen molar-refractivity contribution in [3.05, 3.63) is 47.5 Å². The molecule has 1 aliphatic rings. The van der Waals surface area contributed by atoms with Crippen molar-refractivity contribution in [3.63, 3.8) is 0 Å². The van der Waals surface area contributed by atoms with Gasteiger partial charge in [-0.2, -0.15) is 0 Å². The molecule has 0 saturated heterocycles. The number of carbonyl (C=O) groups is 1. The predicted molar refractivity (Wildman–Crippen MR) is 76.1 cm³/mol. The first-order valence-corrected chi connectivity index (χ1v) is 6.82. The first-order chi connectivity index (χ1) is 9.07. The molecule has 1 N–H and O–H groups in total. The average molecular weight is 254 g/mol. The highest BCUT2D eigenvalue weighted by atomic mass is 16.3. The van der Waals surface area contributed by atoms with Crippen LogP contribution in [-0.2, 0) is 10.4 Å². The van der Waals surface area contributed by atoms with Crippen LogP contribution in [0.25, 0.3) is 10.8 Å². The summed E-state index contributed by atoms with van der Waals surface area (Å²) < 4.78 is 0. The number of ketones is 1. The van der Waals surface area contributed by atoms with Crippen LogP contribution in [0, 0.1) is 6.92 Å². The van der Waals surface area contributed by atoms with E-state index in [-0.39, 0.29) is 5.78 Å². The quantitative estimate of drug-likeness (QED) is 0.846. The Hall–Kier alpha value is -1.67. The Balaban J connectivity index is 2.01. The smallest absolute Gasteiger partial charge is 0.133 e. The second-order valence-corrected chi connectivity index (χ2v) is 5.64. The summed E-state index contributed by atoms with van der Waals surface area (Å²) in [6.45, 7) is 2.08. The summed E-state index contributed by atoms with van der Waals surface area (Å²) in [6, 6.07) is 12.4. The molecule has 19 heavy (non-hydrogen) atoms. The summed E-state index contributed by atoms with van der Waals surface area (Å²) in [7, 11) is 0. The number of Topliss-reactive ketones (excluding diaryl/α,β-unsaturated/α-hetero) is 1. The van der Waals surface area contributed by atoms with Crippen LogP contribution in [0.5, 0.6) is 0 Å². The fourth-order valence-corrected chi connectivity index (χ4v) is 2.89. The van der Waals surface area contributed by atoms with E-state index in [1.165, 1.54) is 10.9 Å². The lowest BCUT2D eigenvalue weighted by atomic mass is 9.79. The molecule has 0 unspecified atom stereocenters. The van der Waals surface area contributed by atoms with Crippen molar-refractivity contribution in [2.75, 3.05) is 0 Å². The molecule has 2 aromatic rings. The van der Waals surface area contributed by atoms with Crippen molar-refractivity contribution in [2.45, 2.75) is 38.2 Å². The maximum atomic E-state index is 11.3. The lowest BCUT2D eigenvalue weighted by Gasteiger charge is -2.32. The zero-order valence-corrected chi connectivity index (χ0v) is 11.1. The number of carbonyl (C=O) groups excluding carboxylic acids is 1. The molecule has 2 nitrogen and oxygen atoms in total. The first-order valence-electron chi connectivity index (χ1n) is 6.82. The highest BCUT2D eigenvalue weighted by Gasteiger charge is 2.33. The Kier molecular flexibility index (Phi) is 2.90. The Morgan fingerprint density at radius 3 is 2.37 bits per heavy atom. The van der Waals surface area contributed by atoms with E-state index in [1.807, 2.05) is 6.07 Å². The molecule has 1 saturated carbocycles. The fourth-order valence-electron chi connectivity index (χ4n) is 2.89. The van der Waals surface area contributed by atoms with Gasteiger partial charge < -0.3 is 5.11 Å². The molecule has 0 bridgehead atoms. The van der Waals surface area contributed by atoms with Crippen LogP contribution in [0.1, 0.15) is 36.8 Å². The third-order valence-electron chi connectivity index (χ3n) is 4.17. The van der Waals surface area contributed by atoms with Gasteiger partial charge in [-0.15, -0.1) is 0 Å². The molecule has 0 heterocycles. The van der Waals surface area contributed by atoms with Crippen molar-refractivity contribution in [1.29, 1.82) is 0 Å². The van der Waals surface area contributed by atoms with E-state index in [9.17, 15) is 9.90 Å². The van der Waals surface area contributed by atoms with Gasteiger partial charge in [-0.05, 0) is 42.2 Å². The summed E-state index contributed by atoms with van der Waals surface area (Å²) >= 11 is 0. The molecule has 3 rings (SSSR count). The van der Waals surface area contributed by atoms with E-state index >= 15 is 0 Å². The van der Waals surface area contributed by atoms with Gasteiger partial charge in [0.25, 0.3) is 0 Å². The zero-order valence-electron chi connectivity index (χ0n) is 11.1. The molecule has 2 aromatic carbocycles. The minimum absolute atomic E-state index is 0.265. The maximum Gasteiger partial charge on any atom is 0.133 e. The number of rotatable bonds is 1. The van der Waals surface area contributed by atoms with E-state index in [2.05, 4.69) is 37.3 Å². The third kappa shape index (κ3) is 2.28. The Morgan fingerprint density at radius 1 is 1.00 bits per heavy atom. The van der Waals surface area contributed by atoms with E-state index in [1.54, 1.807) is 0 Å². The molecule has 2 heteroatoms. The minimum atomic E-state index is -0.826. The van der Waals surface area contributed by atoms with Gasteiger partial charge in [0, 0.05) is 12.8 Å². The molecule has 1 aliphatic carbocycles. The topological polar surface area (TPSA) is 37.3 Å². The van der Waals surface area contributed by atoms with Crippen LogP contribution in [0.15, 0.2) is 36.4 Å². The van der Waals surface area contributed by atoms with Gasteiger partial charge in [0.2, 0.25) is 0 Å². The summed E-state index contributed by atoms with van der Waals surface area (Å²) in [6.07, 6.45) is 2.07. The second-order valence-electron chi connectivity index (χ2n) is 5.64. The Labute approximate surface area is 113 Å². The molecular weight excluding hydrogens is 236 g/mol. The second kappa shape index (κ2) is 4.46. The molecule has 0 atom stereocenters. The molecule has 0 aliphatic heterocycles. The van der Waals surface area contributed by atoms with Gasteiger partial charge in [0.15, 0.2) is 0 Å². The summed E-state index contributed by atoms with van der Waals surface area (Å²) in [4.78, 5) is 11.3. The first kappa shape index (κ1) is 12.4. The monoisotopic (exact) mass is 254 g/mol. The van der Waals surface area contributed by atoms with Crippen LogP contribution >= 0.6 is 0 Å². The van der Waals surface area contributed by atoms with Crippen molar-refractivity contribution >= 4 is 16.6 Å². The number of aliphatic hydroxyl groups is 1. The number of fused-ring (bicyclic) bond motifs is 1. The fraction of sp³-hybridized carbons (Fsp3) is 0.353. The van der Waals surface area contributed by atoms with Crippen molar-refractivity contribution in [3.8, 4) is 0 Å². The molecular formula is C17H18O2. The van der Waals surface area contributed by atoms with Crippen LogP contribution in [-0.4, -0.2) is 10.9 Å². The van der Waals surface area contributed by atoms with Gasteiger partial charge in [-0.25, -0.2) is 0 Å². The molecule has 0 amide bonds. The predicted octanol–water partition coefficient (Wildman–Crippen LogP) is 3.48. The van der Waals surface area contributed by atoms with Crippen LogP contribution in [0.2, 0.25) is 0 Å². The normalized spacial score (nSPS) is 18.7. The summed E-state index contributed by atoms with van der Waals surface area (Å²) in [5.41, 5.74) is 1.35. The molecule has 1 fully saturated rings. The third-order valence-corrected chi connectivity index (χ3v) is 4.17. The number of hydrogen-bond donors (Lipinski definition) is 1. The largest absolute Gasteiger partial charge is 0.385 e. The van der Waals surface area contributed by atoms with Crippen LogP contribution in [0.4, 0.5) is 0 Å². The van der Waals surface area contributed by atoms with Gasteiger partial charge in [-0.3, -0.25) is 4.79 Å².